The van der Waals surface area contributed by atoms with Gasteiger partial charge in [-0.1, -0.05) is 95.4 Å². The lowest BCUT2D eigenvalue weighted by Crippen LogP contribution is -2.22. The number of allylic oxidation sites excluding steroid dienone is 4. The quantitative estimate of drug-likeness (QED) is 0.103. The summed E-state index contributed by atoms with van der Waals surface area (Å²) in [6.45, 7) is 6.56. The predicted molar refractivity (Wildman–Crippen MR) is 142 cm³/mol. The van der Waals surface area contributed by atoms with Crippen LogP contribution < -0.4 is 0 Å². The average Bonchev–Trinajstić information content (AvgIpc) is 3.51. The zero-order chi connectivity index (χ0) is 24.5. The van der Waals surface area contributed by atoms with E-state index in [0.717, 1.165) is 44.9 Å². The molecule has 2 rings (SSSR count). The molecule has 0 spiro atoms. The fourth-order valence-electron chi connectivity index (χ4n) is 5.01. The third-order valence-electron chi connectivity index (χ3n) is 7.06. The molecular weight excluding hydrogens is 424 g/mol. The van der Waals surface area contributed by atoms with Crippen LogP contribution in [-0.4, -0.2) is 41.9 Å². The minimum absolute atomic E-state index is 0.102. The molecule has 0 bridgehead atoms. The van der Waals surface area contributed by atoms with Crippen LogP contribution >= 0.6 is 0 Å². The Morgan fingerprint density at radius 1 is 0.588 bits per heavy atom. The van der Waals surface area contributed by atoms with Gasteiger partial charge in [-0.2, -0.15) is 0 Å². The molecule has 2 fully saturated rings. The minimum atomic E-state index is -0.439. The Morgan fingerprint density at radius 2 is 1.06 bits per heavy atom. The van der Waals surface area contributed by atoms with Crippen LogP contribution in [0.25, 0.3) is 0 Å². The summed E-state index contributed by atoms with van der Waals surface area (Å²) in [7, 11) is 0. The van der Waals surface area contributed by atoms with Gasteiger partial charge >= 0.3 is 0 Å². The molecule has 2 aliphatic rings. The molecule has 0 aromatic heterocycles. The van der Waals surface area contributed by atoms with Crippen molar-refractivity contribution in [2.75, 3.05) is 6.61 Å². The van der Waals surface area contributed by atoms with Crippen molar-refractivity contribution >= 4 is 0 Å². The molecule has 0 unspecified atom stereocenters. The van der Waals surface area contributed by atoms with Gasteiger partial charge in [0.15, 0.2) is 5.79 Å². The monoisotopic (exact) mass is 478 g/mol. The fraction of sp³-hybridized carbons (Fsp3) is 0.867. The van der Waals surface area contributed by atoms with E-state index in [2.05, 4.69) is 45.1 Å². The molecule has 34 heavy (non-hydrogen) atoms. The van der Waals surface area contributed by atoms with E-state index >= 15 is 0 Å². The number of rotatable bonds is 21. The van der Waals surface area contributed by atoms with E-state index in [0.29, 0.717) is 0 Å². The molecule has 2 saturated heterocycles. The van der Waals surface area contributed by atoms with E-state index in [1.807, 2.05) is 0 Å². The molecule has 0 radical (unpaired) electrons. The highest BCUT2D eigenvalue weighted by Crippen LogP contribution is 2.33. The van der Waals surface area contributed by atoms with Gasteiger partial charge in [-0.3, -0.25) is 0 Å². The molecule has 0 aromatic rings. The number of aliphatic hydroxyl groups excluding tert-OH is 1. The summed E-state index contributed by atoms with van der Waals surface area (Å²) in [5.74, 6) is -0.439. The second kappa shape index (κ2) is 17.7. The Hall–Kier alpha value is -0.680. The highest BCUT2D eigenvalue weighted by Gasteiger charge is 2.40. The lowest BCUT2D eigenvalue weighted by Gasteiger charge is -2.16. The third kappa shape index (κ3) is 13.4. The van der Waals surface area contributed by atoms with E-state index in [1.165, 1.54) is 64.2 Å². The van der Waals surface area contributed by atoms with E-state index in [4.69, 9.17) is 19.3 Å². The van der Waals surface area contributed by atoms with Crippen molar-refractivity contribution in [3.8, 4) is 0 Å². The SMILES string of the molecule is CCCCCCCCCCCC[C@H]1OC(C)(C)O[C@@H]1CC/C=C/CC/C=C/CC[C@H]1O[C@@H]1CO. The summed E-state index contributed by atoms with van der Waals surface area (Å²) in [4.78, 5) is 0. The van der Waals surface area contributed by atoms with Crippen molar-refractivity contribution in [2.24, 2.45) is 0 Å². The van der Waals surface area contributed by atoms with Gasteiger partial charge in [0.25, 0.3) is 0 Å². The van der Waals surface area contributed by atoms with Crippen LogP contribution in [0.1, 0.15) is 130 Å². The molecule has 4 atom stereocenters. The molecule has 4 nitrogen and oxygen atoms in total. The van der Waals surface area contributed by atoms with Crippen LogP contribution in [0.15, 0.2) is 24.3 Å². The van der Waals surface area contributed by atoms with Gasteiger partial charge in [0.2, 0.25) is 0 Å². The van der Waals surface area contributed by atoms with Crippen LogP contribution in [0.5, 0.6) is 0 Å². The topological polar surface area (TPSA) is 51.2 Å². The highest BCUT2D eigenvalue weighted by atomic mass is 16.7. The van der Waals surface area contributed by atoms with Crippen molar-refractivity contribution in [3.63, 3.8) is 0 Å². The predicted octanol–water partition coefficient (Wildman–Crippen LogP) is 8.03. The van der Waals surface area contributed by atoms with Gasteiger partial charge in [-0.15, -0.1) is 0 Å². The highest BCUT2D eigenvalue weighted by molar-refractivity contribution is 4.92. The van der Waals surface area contributed by atoms with Crippen molar-refractivity contribution < 1.29 is 19.3 Å². The summed E-state index contributed by atoms with van der Waals surface area (Å²) in [6, 6.07) is 0. The Morgan fingerprint density at radius 3 is 1.59 bits per heavy atom. The number of epoxide rings is 1. The van der Waals surface area contributed by atoms with E-state index in [9.17, 15) is 0 Å². The molecule has 198 valence electrons. The zero-order valence-electron chi connectivity index (χ0n) is 22.5. The van der Waals surface area contributed by atoms with Crippen LogP contribution in [0.3, 0.4) is 0 Å². The van der Waals surface area contributed by atoms with Gasteiger partial charge in [0, 0.05) is 0 Å². The van der Waals surface area contributed by atoms with Gasteiger partial charge < -0.3 is 19.3 Å². The number of hydrogen-bond acceptors (Lipinski definition) is 4. The van der Waals surface area contributed by atoms with E-state index in [-0.39, 0.29) is 31.0 Å². The standard InChI is InChI=1S/C30H54O4/c1-4-5-6-7-8-9-10-14-17-20-23-27-28(34-30(2,3)33-27)24-21-18-15-12-11-13-16-19-22-26-29(25-31)32-26/h13,15-16,18,26-29,31H,4-12,14,17,19-25H2,1-3H3/b16-13+,18-15+/t26-,27-,28-,29-/m1/s1. The molecule has 0 saturated carbocycles. The maximum Gasteiger partial charge on any atom is 0.163 e. The Kier molecular flexibility index (Phi) is 15.4. The van der Waals surface area contributed by atoms with Gasteiger partial charge in [-0.05, 0) is 58.8 Å². The zero-order valence-corrected chi connectivity index (χ0v) is 22.5. The lowest BCUT2D eigenvalue weighted by atomic mass is 10.0. The van der Waals surface area contributed by atoms with Crippen molar-refractivity contribution in [1.82, 2.24) is 0 Å². The summed E-state index contributed by atoms with van der Waals surface area (Å²) in [5.41, 5.74) is 0. The smallest absolute Gasteiger partial charge is 0.163 e. The molecule has 0 aromatic carbocycles. The van der Waals surface area contributed by atoms with E-state index in [1.54, 1.807) is 0 Å². The van der Waals surface area contributed by atoms with E-state index < -0.39 is 5.79 Å². The fourth-order valence-corrected chi connectivity index (χ4v) is 5.01. The van der Waals surface area contributed by atoms with Crippen molar-refractivity contribution in [2.45, 2.75) is 160 Å². The molecule has 2 aliphatic heterocycles. The maximum absolute atomic E-state index is 8.96. The number of aliphatic hydroxyl groups is 1. The first-order valence-electron chi connectivity index (χ1n) is 14.5. The largest absolute Gasteiger partial charge is 0.394 e. The molecule has 2 heterocycles. The first-order valence-corrected chi connectivity index (χ1v) is 14.5. The lowest BCUT2D eigenvalue weighted by molar-refractivity contribution is -0.147. The maximum atomic E-state index is 8.96. The van der Waals surface area contributed by atoms with Crippen molar-refractivity contribution in [1.29, 1.82) is 0 Å². The Labute approximate surface area is 210 Å². The Bertz CT molecular complexity index is 556. The van der Waals surface area contributed by atoms with Crippen LogP contribution in [0.2, 0.25) is 0 Å². The summed E-state index contributed by atoms with van der Waals surface area (Å²) >= 11 is 0. The van der Waals surface area contributed by atoms with Crippen LogP contribution in [0, 0.1) is 0 Å². The first kappa shape index (κ1) is 29.5. The molecule has 0 aliphatic carbocycles. The molecule has 4 heteroatoms. The summed E-state index contributed by atoms with van der Waals surface area (Å²) in [5, 5.41) is 8.96. The Balaban J connectivity index is 1.47. The minimum Gasteiger partial charge on any atom is -0.394 e. The molecule has 1 N–H and O–H groups in total. The molecular formula is C30H54O4. The first-order chi connectivity index (χ1) is 16.6. The number of hydrogen-bond donors (Lipinski definition) is 1. The number of unbranched alkanes of at least 4 members (excludes halogenated alkanes) is 10. The van der Waals surface area contributed by atoms with Gasteiger partial charge in [-0.25, -0.2) is 0 Å². The number of ether oxygens (including phenoxy) is 3. The second-order valence-corrected chi connectivity index (χ2v) is 10.8. The van der Waals surface area contributed by atoms with Crippen LogP contribution in [-0.2, 0) is 14.2 Å². The molecule has 0 amide bonds. The third-order valence-corrected chi connectivity index (χ3v) is 7.06. The van der Waals surface area contributed by atoms with Gasteiger partial charge in [0.05, 0.1) is 24.9 Å². The van der Waals surface area contributed by atoms with Gasteiger partial charge in [0.1, 0.15) is 6.10 Å². The summed E-state index contributed by atoms with van der Waals surface area (Å²) < 4.78 is 17.8. The second-order valence-electron chi connectivity index (χ2n) is 10.8. The summed E-state index contributed by atoms with van der Waals surface area (Å²) in [6.07, 6.45) is 31.2. The normalized spacial score (nSPS) is 26.2. The average molecular weight is 479 g/mol. The van der Waals surface area contributed by atoms with Crippen LogP contribution in [0.4, 0.5) is 0 Å². The van der Waals surface area contributed by atoms with Crippen molar-refractivity contribution in [3.05, 3.63) is 24.3 Å².